The van der Waals surface area contributed by atoms with Crippen molar-refractivity contribution in [3.05, 3.63) is 0 Å². The second kappa shape index (κ2) is 7.26. The molecule has 2 N–H and O–H groups in total. The lowest BCUT2D eigenvalue weighted by Gasteiger charge is -2.45. The Hall–Kier alpha value is -0.720. The van der Waals surface area contributed by atoms with Gasteiger partial charge in [0.2, 0.25) is 5.91 Å². The predicted molar refractivity (Wildman–Crippen MR) is 93.7 cm³/mol. The summed E-state index contributed by atoms with van der Waals surface area (Å²) < 4.78 is 14.3. The van der Waals surface area contributed by atoms with E-state index in [0.717, 1.165) is 52.1 Å². The summed E-state index contributed by atoms with van der Waals surface area (Å²) in [6, 6.07) is 0.0143. The number of nitrogens with zero attached hydrogens (tertiary/aromatic N) is 2. The first-order valence-electron chi connectivity index (χ1n) is 9.50. The molecule has 0 aromatic rings. The van der Waals surface area contributed by atoms with E-state index >= 15 is 0 Å². The smallest absolute Gasteiger partial charge is 0.225 e. The number of nitrogens with one attached hydrogen (secondary N) is 2. The normalized spacial score (nSPS) is 35.8. The molecule has 3 aliphatic heterocycles. The SMILES string of the molecule is CC1CNCC(F)C1N1CCC(C(=O)N2CCNC(C)(C)C2)CC1. The molecule has 0 aromatic heterocycles. The first kappa shape index (κ1) is 18.1. The van der Waals surface area contributed by atoms with Gasteiger partial charge in [0.15, 0.2) is 0 Å². The minimum Gasteiger partial charge on any atom is -0.339 e. The van der Waals surface area contributed by atoms with Crippen LogP contribution < -0.4 is 10.6 Å². The number of likely N-dealkylation sites (tertiary alicyclic amines) is 1. The van der Waals surface area contributed by atoms with Gasteiger partial charge < -0.3 is 15.5 Å². The van der Waals surface area contributed by atoms with E-state index in [0.29, 0.717) is 18.4 Å². The standard InChI is InChI=1S/C18H33FN4O/c1-13-10-20-11-15(19)16(13)22-7-4-14(5-8-22)17(24)23-9-6-21-18(2,3)12-23/h13-16,20-21H,4-12H2,1-3H3. The molecule has 0 aromatic carbocycles. The molecule has 3 saturated heterocycles. The molecule has 24 heavy (non-hydrogen) atoms. The second-order valence-electron chi connectivity index (χ2n) is 8.52. The summed E-state index contributed by atoms with van der Waals surface area (Å²) in [5, 5.41) is 6.62. The Morgan fingerprint density at radius 3 is 2.50 bits per heavy atom. The third-order valence-electron chi connectivity index (χ3n) is 5.94. The lowest BCUT2D eigenvalue weighted by Crippen LogP contribution is -2.60. The maximum absolute atomic E-state index is 14.3. The quantitative estimate of drug-likeness (QED) is 0.783. The fourth-order valence-electron chi connectivity index (χ4n) is 4.67. The molecular formula is C18H33FN4O. The fraction of sp³-hybridized carbons (Fsp3) is 0.944. The molecule has 3 fully saturated rings. The number of amides is 1. The molecule has 138 valence electrons. The van der Waals surface area contributed by atoms with Crippen LogP contribution in [0.3, 0.4) is 0 Å². The van der Waals surface area contributed by atoms with Crippen LogP contribution in [0.15, 0.2) is 0 Å². The molecule has 1 amide bonds. The molecular weight excluding hydrogens is 307 g/mol. The summed E-state index contributed by atoms with van der Waals surface area (Å²) in [7, 11) is 0. The highest BCUT2D eigenvalue weighted by Gasteiger charge is 2.39. The average molecular weight is 340 g/mol. The van der Waals surface area contributed by atoms with Crippen LogP contribution in [-0.4, -0.2) is 79.3 Å². The van der Waals surface area contributed by atoms with Crippen molar-refractivity contribution in [3.63, 3.8) is 0 Å². The third kappa shape index (κ3) is 3.92. The monoisotopic (exact) mass is 340 g/mol. The van der Waals surface area contributed by atoms with Crippen LogP contribution in [0, 0.1) is 11.8 Å². The first-order chi connectivity index (χ1) is 11.4. The van der Waals surface area contributed by atoms with E-state index in [1.54, 1.807) is 0 Å². The van der Waals surface area contributed by atoms with Crippen LogP contribution in [0.1, 0.15) is 33.6 Å². The lowest BCUT2D eigenvalue weighted by atomic mass is 9.87. The first-order valence-corrected chi connectivity index (χ1v) is 9.50. The number of halogens is 1. The van der Waals surface area contributed by atoms with Crippen LogP contribution in [0.4, 0.5) is 4.39 Å². The van der Waals surface area contributed by atoms with Crippen molar-refractivity contribution in [2.75, 3.05) is 45.8 Å². The van der Waals surface area contributed by atoms with Crippen molar-refractivity contribution in [2.45, 2.75) is 51.4 Å². The van der Waals surface area contributed by atoms with Gasteiger partial charge in [-0.3, -0.25) is 9.69 Å². The van der Waals surface area contributed by atoms with E-state index in [4.69, 9.17) is 0 Å². The zero-order valence-corrected chi connectivity index (χ0v) is 15.4. The van der Waals surface area contributed by atoms with Crippen LogP contribution in [0.2, 0.25) is 0 Å². The lowest BCUT2D eigenvalue weighted by molar-refractivity contribution is -0.139. The van der Waals surface area contributed by atoms with Gasteiger partial charge in [-0.1, -0.05) is 6.92 Å². The topological polar surface area (TPSA) is 47.6 Å². The number of carbonyl (C=O) groups excluding carboxylic acids is 1. The number of alkyl halides is 1. The van der Waals surface area contributed by atoms with Crippen molar-refractivity contribution in [2.24, 2.45) is 11.8 Å². The van der Waals surface area contributed by atoms with Gasteiger partial charge in [-0.15, -0.1) is 0 Å². The third-order valence-corrected chi connectivity index (χ3v) is 5.94. The predicted octanol–water partition coefficient (Wildman–Crippen LogP) is 0.855. The maximum Gasteiger partial charge on any atom is 0.225 e. The molecule has 3 heterocycles. The van der Waals surface area contributed by atoms with Gasteiger partial charge in [-0.2, -0.15) is 0 Å². The van der Waals surface area contributed by atoms with Crippen LogP contribution in [0.25, 0.3) is 0 Å². The van der Waals surface area contributed by atoms with E-state index in [-0.39, 0.29) is 17.5 Å². The Morgan fingerprint density at radius 2 is 1.88 bits per heavy atom. The van der Waals surface area contributed by atoms with Crippen LogP contribution >= 0.6 is 0 Å². The molecule has 0 saturated carbocycles. The minimum atomic E-state index is -0.796. The second-order valence-corrected chi connectivity index (χ2v) is 8.52. The van der Waals surface area contributed by atoms with Gasteiger partial charge in [-0.25, -0.2) is 4.39 Å². The van der Waals surface area contributed by atoms with Gasteiger partial charge in [0, 0.05) is 43.7 Å². The van der Waals surface area contributed by atoms with Crippen molar-refractivity contribution in [3.8, 4) is 0 Å². The highest BCUT2D eigenvalue weighted by molar-refractivity contribution is 5.79. The van der Waals surface area contributed by atoms with E-state index in [2.05, 4.69) is 36.3 Å². The molecule has 3 rings (SSSR count). The zero-order valence-electron chi connectivity index (χ0n) is 15.4. The van der Waals surface area contributed by atoms with Crippen molar-refractivity contribution < 1.29 is 9.18 Å². The number of hydrogen-bond acceptors (Lipinski definition) is 4. The van der Waals surface area contributed by atoms with Crippen molar-refractivity contribution in [1.82, 2.24) is 20.4 Å². The number of hydrogen-bond donors (Lipinski definition) is 2. The van der Waals surface area contributed by atoms with Gasteiger partial charge >= 0.3 is 0 Å². The molecule has 0 radical (unpaired) electrons. The summed E-state index contributed by atoms with van der Waals surface area (Å²) in [5.41, 5.74) is 0.000585. The highest BCUT2D eigenvalue weighted by Crippen LogP contribution is 2.28. The summed E-state index contributed by atoms with van der Waals surface area (Å²) in [6.45, 7) is 11.9. The maximum atomic E-state index is 14.3. The highest BCUT2D eigenvalue weighted by atomic mass is 19.1. The summed E-state index contributed by atoms with van der Waals surface area (Å²) in [5.74, 6) is 0.750. The average Bonchev–Trinajstić information content (AvgIpc) is 2.54. The molecule has 3 unspecified atom stereocenters. The number of piperazine rings is 1. The number of carbonyl (C=O) groups is 1. The van der Waals surface area contributed by atoms with Gasteiger partial charge in [0.1, 0.15) is 6.17 Å². The van der Waals surface area contributed by atoms with E-state index in [9.17, 15) is 9.18 Å². The van der Waals surface area contributed by atoms with Crippen molar-refractivity contribution >= 4 is 5.91 Å². The molecule has 0 bridgehead atoms. The molecule has 3 aliphatic rings. The van der Waals surface area contributed by atoms with Gasteiger partial charge in [0.05, 0.1) is 0 Å². The summed E-state index contributed by atoms with van der Waals surface area (Å²) in [6.07, 6.45) is 0.939. The Bertz CT molecular complexity index is 440. The van der Waals surface area contributed by atoms with E-state index in [1.165, 1.54) is 0 Å². The molecule has 0 aliphatic carbocycles. The number of rotatable bonds is 2. The largest absolute Gasteiger partial charge is 0.339 e. The van der Waals surface area contributed by atoms with Crippen LogP contribution in [0.5, 0.6) is 0 Å². The van der Waals surface area contributed by atoms with Gasteiger partial charge in [0.25, 0.3) is 0 Å². The zero-order chi connectivity index (χ0) is 17.3. The Kier molecular flexibility index (Phi) is 5.47. The van der Waals surface area contributed by atoms with E-state index in [1.807, 2.05) is 4.90 Å². The Balaban J connectivity index is 1.54. The van der Waals surface area contributed by atoms with E-state index < -0.39 is 6.17 Å². The Labute approximate surface area is 145 Å². The minimum absolute atomic E-state index is 0.000585. The summed E-state index contributed by atoms with van der Waals surface area (Å²) in [4.78, 5) is 17.2. The molecule has 5 nitrogen and oxygen atoms in total. The molecule has 6 heteroatoms. The Morgan fingerprint density at radius 1 is 1.17 bits per heavy atom. The molecule has 0 spiro atoms. The van der Waals surface area contributed by atoms with Crippen LogP contribution in [-0.2, 0) is 4.79 Å². The summed E-state index contributed by atoms with van der Waals surface area (Å²) >= 11 is 0. The molecule has 3 atom stereocenters. The number of piperidine rings is 2. The fourth-order valence-corrected chi connectivity index (χ4v) is 4.67. The van der Waals surface area contributed by atoms with Gasteiger partial charge in [-0.05, 0) is 52.2 Å². The van der Waals surface area contributed by atoms with Crippen molar-refractivity contribution in [1.29, 1.82) is 0 Å².